The van der Waals surface area contributed by atoms with Crippen LogP contribution in [-0.2, 0) is 9.53 Å². The van der Waals surface area contributed by atoms with Crippen molar-refractivity contribution in [1.82, 2.24) is 15.3 Å². The number of pyridine rings is 2. The van der Waals surface area contributed by atoms with Crippen LogP contribution in [0.2, 0.25) is 0 Å². The minimum Gasteiger partial charge on any atom is -0.493 e. The molecule has 11 nitrogen and oxygen atoms in total. The molecule has 2 amide bonds. The van der Waals surface area contributed by atoms with Crippen LogP contribution in [0.1, 0.15) is 41.2 Å². The molecule has 0 atom stereocenters. The summed E-state index contributed by atoms with van der Waals surface area (Å²) in [6.07, 6.45) is -4.95. The highest BCUT2D eigenvalue weighted by molar-refractivity contribution is 6.10. The van der Waals surface area contributed by atoms with Gasteiger partial charge >= 0.3 is 18.1 Å². The highest BCUT2D eigenvalue weighted by Gasteiger charge is 2.38. The number of ether oxygens (including phenoxy) is 3. The van der Waals surface area contributed by atoms with E-state index in [0.717, 1.165) is 0 Å². The summed E-state index contributed by atoms with van der Waals surface area (Å²) < 4.78 is 53.8. The zero-order valence-corrected chi connectivity index (χ0v) is 24.1. The molecular weight excluding hydrogens is 583 g/mol. The van der Waals surface area contributed by atoms with Crippen LogP contribution < -0.4 is 25.8 Å². The number of nitrogens with zero attached hydrogens (tertiary/aromatic N) is 2. The van der Waals surface area contributed by atoms with Gasteiger partial charge in [-0.15, -0.1) is 0 Å². The first-order valence-electron chi connectivity index (χ1n) is 13.5. The molecule has 0 unspecified atom stereocenters. The van der Waals surface area contributed by atoms with Gasteiger partial charge in [-0.2, -0.15) is 13.2 Å². The number of esters is 1. The number of alkyl halides is 3. The molecular formula is C30H30F3N5O6. The maximum Gasteiger partial charge on any atom is 0.471 e. The van der Waals surface area contributed by atoms with Crippen LogP contribution in [0.3, 0.4) is 0 Å². The van der Waals surface area contributed by atoms with Crippen LogP contribution in [-0.4, -0.2) is 60.8 Å². The third kappa shape index (κ3) is 7.43. The van der Waals surface area contributed by atoms with E-state index in [1.165, 1.54) is 19.2 Å². The second-order valence-corrected chi connectivity index (χ2v) is 10.1. The molecule has 2 aromatic heterocycles. The SMILES string of the molecule is COC(=O)c1cc(OCCCNC(=O)C(F)(F)F)c2cccc(NC(=O)c3cc(OCC(C)C)c4cccc(N)c4n3)c2n1. The molecule has 4 N–H and O–H groups in total. The van der Waals surface area contributed by atoms with Crippen molar-refractivity contribution < 1.29 is 41.8 Å². The van der Waals surface area contributed by atoms with Gasteiger partial charge in [0.1, 0.15) is 17.2 Å². The summed E-state index contributed by atoms with van der Waals surface area (Å²) in [6.45, 7) is 3.99. The van der Waals surface area contributed by atoms with Gasteiger partial charge in [-0.3, -0.25) is 9.59 Å². The summed E-state index contributed by atoms with van der Waals surface area (Å²) in [6, 6.07) is 12.9. The number of nitrogens with one attached hydrogen (secondary N) is 2. The molecule has 0 bridgehead atoms. The predicted octanol–water partition coefficient (Wildman–Crippen LogP) is 4.89. The second kappa shape index (κ2) is 13.4. The van der Waals surface area contributed by atoms with Gasteiger partial charge in [0.2, 0.25) is 0 Å². The van der Waals surface area contributed by atoms with E-state index in [-0.39, 0.29) is 53.8 Å². The summed E-state index contributed by atoms with van der Waals surface area (Å²) in [5.74, 6) is -2.62. The lowest BCUT2D eigenvalue weighted by Crippen LogP contribution is -2.37. The molecule has 14 heteroatoms. The third-order valence-electron chi connectivity index (χ3n) is 6.20. The molecule has 0 saturated heterocycles. The molecule has 0 aliphatic rings. The highest BCUT2D eigenvalue weighted by Crippen LogP contribution is 2.33. The first-order chi connectivity index (χ1) is 20.9. The molecule has 44 heavy (non-hydrogen) atoms. The number of amides is 2. The second-order valence-electron chi connectivity index (χ2n) is 10.1. The summed E-state index contributed by atoms with van der Waals surface area (Å²) in [4.78, 5) is 45.7. The van der Waals surface area contributed by atoms with Crippen molar-refractivity contribution in [2.75, 3.05) is 37.9 Å². The lowest BCUT2D eigenvalue weighted by molar-refractivity contribution is -0.173. The molecule has 2 aromatic carbocycles. The van der Waals surface area contributed by atoms with E-state index < -0.39 is 24.0 Å². The van der Waals surface area contributed by atoms with Crippen LogP contribution >= 0.6 is 0 Å². The van der Waals surface area contributed by atoms with Crippen LogP contribution in [0.5, 0.6) is 11.5 Å². The Bertz CT molecular complexity index is 1710. The molecule has 0 spiro atoms. The lowest BCUT2D eigenvalue weighted by Gasteiger charge is -2.15. The molecule has 0 aliphatic heterocycles. The maximum atomic E-state index is 13.5. The topological polar surface area (TPSA) is 155 Å². The van der Waals surface area contributed by atoms with Crippen molar-refractivity contribution in [2.24, 2.45) is 5.92 Å². The van der Waals surface area contributed by atoms with Gasteiger partial charge in [0.05, 0.1) is 42.7 Å². The Labute approximate surface area is 249 Å². The zero-order chi connectivity index (χ0) is 32.0. The summed E-state index contributed by atoms with van der Waals surface area (Å²) in [5.41, 5.74) is 7.19. The van der Waals surface area contributed by atoms with Gasteiger partial charge < -0.3 is 30.6 Å². The van der Waals surface area contributed by atoms with Crippen molar-refractivity contribution in [3.63, 3.8) is 0 Å². The normalized spacial score (nSPS) is 11.4. The number of para-hydroxylation sites is 2. The fraction of sp³-hybridized carbons (Fsp3) is 0.300. The van der Waals surface area contributed by atoms with E-state index in [2.05, 4.69) is 15.3 Å². The molecule has 4 rings (SSSR count). The molecule has 0 radical (unpaired) electrons. The van der Waals surface area contributed by atoms with E-state index in [1.807, 2.05) is 13.8 Å². The van der Waals surface area contributed by atoms with Gasteiger partial charge in [-0.25, -0.2) is 14.8 Å². The van der Waals surface area contributed by atoms with Crippen molar-refractivity contribution >= 4 is 51.0 Å². The average molecular weight is 614 g/mol. The number of halogens is 3. The summed E-state index contributed by atoms with van der Waals surface area (Å²) in [7, 11) is 1.17. The number of methoxy groups -OCH3 is 1. The number of carbonyl (C=O) groups is 3. The maximum absolute atomic E-state index is 13.5. The number of hydrogen-bond acceptors (Lipinski definition) is 9. The Morgan fingerprint density at radius 1 is 0.932 bits per heavy atom. The minimum absolute atomic E-state index is 0.0210. The quantitative estimate of drug-likeness (QED) is 0.122. The Hall–Kier alpha value is -5.14. The number of anilines is 2. The molecule has 0 saturated carbocycles. The number of nitrogen functional groups attached to an aromatic ring is 1. The van der Waals surface area contributed by atoms with Gasteiger partial charge in [0.25, 0.3) is 5.91 Å². The Morgan fingerprint density at radius 3 is 2.25 bits per heavy atom. The standard InChI is InChI=1S/C30H30F3N5O6/c1-16(2)15-44-24-13-21(36-25-17(24)7-4-9-19(25)34)27(39)38-20-10-5-8-18-23(14-22(28(40)42-3)37-26(18)20)43-12-6-11-35-29(41)30(31,32)33/h4-5,7-10,13-14,16H,6,11-12,15,34H2,1-3H3,(H,35,41)(H,38,39). The van der Waals surface area contributed by atoms with Crippen LogP contribution in [0.15, 0.2) is 48.5 Å². The molecule has 0 fully saturated rings. The number of carbonyl (C=O) groups excluding carboxylic acids is 3. The smallest absolute Gasteiger partial charge is 0.471 e. The Balaban J connectivity index is 1.64. The fourth-order valence-corrected chi connectivity index (χ4v) is 4.12. The van der Waals surface area contributed by atoms with Gasteiger partial charge in [0, 0.05) is 29.4 Å². The van der Waals surface area contributed by atoms with Crippen LogP contribution in [0.4, 0.5) is 24.5 Å². The van der Waals surface area contributed by atoms with E-state index >= 15 is 0 Å². The minimum atomic E-state index is -4.99. The molecule has 4 aromatic rings. The van der Waals surface area contributed by atoms with Gasteiger partial charge in [-0.1, -0.05) is 26.0 Å². The number of nitrogens with two attached hydrogens (primary N) is 1. The molecule has 2 heterocycles. The first-order valence-corrected chi connectivity index (χ1v) is 13.5. The van der Waals surface area contributed by atoms with Gasteiger partial charge in [0.15, 0.2) is 5.69 Å². The number of benzene rings is 2. The van der Waals surface area contributed by atoms with Crippen molar-refractivity contribution in [3.05, 3.63) is 59.9 Å². The molecule has 0 aliphatic carbocycles. The Morgan fingerprint density at radius 2 is 1.57 bits per heavy atom. The third-order valence-corrected chi connectivity index (χ3v) is 6.20. The lowest BCUT2D eigenvalue weighted by atomic mass is 10.1. The monoisotopic (exact) mass is 613 g/mol. The van der Waals surface area contributed by atoms with Crippen molar-refractivity contribution in [3.8, 4) is 11.5 Å². The average Bonchev–Trinajstić information content (AvgIpc) is 2.98. The number of aromatic nitrogens is 2. The molecule has 232 valence electrons. The largest absolute Gasteiger partial charge is 0.493 e. The number of rotatable bonds is 11. The van der Waals surface area contributed by atoms with E-state index in [4.69, 9.17) is 19.9 Å². The summed E-state index contributed by atoms with van der Waals surface area (Å²) >= 11 is 0. The highest BCUT2D eigenvalue weighted by atomic mass is 19.4. The van der Waals surface area contributed by atoms with Crippen molar-refractivity contribution in [2.45, 2.75) is 26.4 Å². The van der Waals surface area contributed by atoms with Crippen LogP contribution in [0, 0.1) is 5.92 Å². The Kier molecular flexibility index (Phi) is 9.71. The van der Waals surface area contributed by atoms with Gasteiger partial charge in [-0.05, 0) is 36.6 Å². The van der Waals surface area contributed by atoms with E-state index in [1.54, 1.807) is 41.7 Å². The van der Waals surface area contributed by atoms with Crippen LogP contribution in [0.25, 0.3) is 21.8 Å². The predicted molar refractivity (Wildman–Crippen MR) is 157 cm³/mol. The van der Waals surface area contributed by atoms with E-state index in [9.17, 15) is 27.6 Å². The van der Waals surface area contributed by atoms with Crippen molar-refractivity contribution in [1.29, 1.82) is 0 Å². The number of fused-ring (bicyclic) bond motifs is 2. The summed E-state index contributed by atoms with van der Waals surface area (Å²) in [5, 5.41) is 5.58. The zero-order valence-electron chi connectivity index (χ0n) is 24.1. The van der Waals surface area contributed by atoms with E-state index in [0.29, 0.717) is 34.3 Å². The number of hydrogen-bond donors (Lipinski definition) is 3. The first kappa shape index (κ1) is 31.8. The fourth-order valence-electron chi connectivity index (χ4n) is 4.12.